The quantitative estimate of drug-likeness (QED) is 0.615. The molecule has 22 heavy (non-hydrogen) atoms. The maximum absolute atomic E-state index is 6.48. The third kappa shape index (κ3) is 1.82. The zero-order chi connectivity index (χ0) is 15.5. The van der Waals surface area contributed by atoms with Crippen LogP contribution in [0, 0.1) is 18.3 Å². The Labute approximate surface area is 132 Å². The van der Waals surface area contributed by atoms with Gasteiger partial charge in [0.05, 0.1) is 24.4 Å². The molecule has 0 aromatic carbocycles. The second-order valence-electron chi connectivity index (χ2n) is 7.79. The number of fused-ring (bicyclic) bond motifs is 3. The van der Waals surface area contributed by atoms with Crippen LogP contribution in [0.5, 0.6) is 0 Å². The third-order valence-electron chi connectivity index (χ3n) is 5.88. The second kappa shape index (κ2) is 4.72. The Kier molecular flexibility index (Phi) is 3.11. The molecule has 1 aliphatic heterocycles. The summed E-state index contributed by atoms with van der Waals surface area (Å²) in [5.74, 6) is 1.61. The fourth-order valence-electron chi connectivity index (χ4n) is 4.43. The molecule has 0 bridgehead atoms. The summed E-state index contributed by atoms with van der Waals surface area (Å²) in [4.78, 5) is 0. The van der Waals surface area contributed by atoms with Crippen LogP contribution in [0.25, 0.3) is 0 Å². The lowest BCUT2D eigenvalue weighted by Crippen LogP contribution is -2.48. The molecular formula is C19H26O3. The Bertz CT molecular complexity index is 621. The lowest BCUT2D eigenvalue weighted by atomic mass is 9.58. The van der Waals surface area contributed by atoms with Crippen molar-refractivity contribution in [3.63, 3.8) is 0 Å². The maximum Gasteiger partial charge on any atom is 0.113 e. The zero-order valence-corrected chi connectivity index (χ0v) is 14.1. The van der Waals surface area contributed by atoms with E-state index in [1.54, 1.807) is 0 Å². The summed E-state index contributed by atoms with van der Waals surface area (Å²) in [6.45, 7) is 10.5. The highest BCUT2D eigenvalue weighted by Crippen LogP contribution is 2.64. The van der Waals surface area contributed by atoms with Gasteiger partial charge in [-0.2, -0.15) is 0 Å². The molecule has 120 valence electrons. The van der Waals surface area contributed by atoms with Crippen LogP contribution in [0.1, 0.15) is 56.6 Å². The first-order chi connectivity index (χ1) is 10.5. The molecule has 1 aromatic heterocycles. The van der Waals surface area contributed by atoms with E-state index in [-0.39, 0.29) is 17.1 Å². The normalized spacial score (nSPS) is 36.2. The molecule has 2 heterocycles. The van der Waals surface area contributed by atoms with Gasteiger partial charge in [0.1, 0.15) is 11.4 Å². The molecule has 3 heteroatoms. The first-order valence-corrected chi connectivity index (χ1v) is 8.50. The smallest absolute Gasteiger partial charge is 0.113 e. The molecule has 4 rings (SSSR count). The largest absolute Gasteiger partial charge is 0.468 e. The first kappa shape index (κ1) is 14.5. The molecule has 0 saturated carbocycles. The van der Waals surface area contributed by atoms with Gasteiger partial charge in [0.15, 0.2) is 0 Å². The van der Waals surface area contributed by atoms with E-state index >= 15 is 0 Å². The van der Waals surface area contributed by atoms with Crippen molar-refractivity contribution < 1.29 is 13.9 Å². The molecule has 3 atom stereocenters. The van der Waals surface area contributed by atoms with Crippen molar-refractivity contribution in [3.05, 3.63) is 34.8 Å². The number of ether oxygens (including phenoxy) is 2. The summed E-state index contributed by atoms with van der Waals surface area (Å²) >= 11 is 0. The second-order valence-corrected chi connectivity index (χ2v) is 7.79. The average molecular weight is 302 g/mol. The Balaban J connectivity index is 1.83. The Morgan fingerprint density at radius 1 is 1.41 bits per heavy atom. The van der Waals surface area contributed by atoms with Gasteiger partial charge in [0.2, 0.25) is 0 Å². The Morgan fingerprint density at radius 3 is 2.86 bits per heavy atom. The molecule has 1 saturated heterocycles. The number of furan rings is 1. The zero-order valence-electron chi connectivity index (χ0n) is 14.1. The van der Waals surface area contributed by atoms with Gasteiger partial charge in [-0.3, -0.25) is 0 Å². The van der Waals surface area contributed by atoms with E-state index in [0.717, 1.165) is 38.2 Å². The highest BCUT2D eigenvalue weighted by molar-refractivity contribution is 5.45. The number of rotatable bonds is 3. The molecule has 1 spiro atoms. The van der Waals surface area contributed by atoms with E-state index in [9.17, 15) is 0 Å². The predicted octanol–water partition coefficient (Wildman–Crippen LogP) is 4.35. The molecule has 0 N–H and O–H groups in total. The average Bonchev–Trinajstić information content (AvgIpc) is 3.16. The maximum atomic E-state index is 6.48. The van der Waals surface area contributed by atoms with Gasteiger partial charge in [0, 0.05) is 18.6 Å². The van der Waals surface area contributed by atoms with Gasteiger partial charge in [-0.15, -0.1) is 0 Å². The van der Waals surface area contributed by atoms with Crippen molar-refractivity contribution in [1.29, 1.82) is 0 Å². The molecule has 0 unspecified atom stereocenters. The predicted molar refractivity (Wildman–Crippen MR) is 84.8 cm³/mol. The third-order valence-corrected chi connectivity index (χ3v) is 5.88. The van der Waals surface area contributed by atoms with Crippen LogP contribution in [0.15, 0.2) is 22.3 Å². The molecule has 0 radical (unpaired) electrons. The summed E-state index contributed by atoms with van der Waals surface area (Å²) in [5, 5.41) is 0. The summed E-state index contributed by atoms with van der Waals surface area (Å²) in [6.07, 6.45) is 7.47. The summed E-state index contributed by atoms with van der Waals surface area (Å²) in [7, 11) is 0. The van der Waals surface area contributed by atoms with Gasteiger partial charge in [0.25, 0.3) is 0 Å². The van der Waals surface area contributed by atoms with Crippen molar-refractivity contribution in [1.82, 2.24) is 0 Å². The summed E-state index contributed by atoms with van der Waals surface area (Å²) in [6, 6.07) is 0. The van der Waals surface area contributed by atoms with E-state index in [1.807, 2.05) is 6.26 Å². The van der Waals surface area contributed by atoms with E-state index in [1.165, 1.54) is 16.7 Å². The Hall–Kier alpha value is -1.06. The molecule has 0 amide bonds. The van der Waals surface area contributed by atoms with E-state index in [4.69, 9.17) is 13.9 Å². The molecule has 3 aliphatic rings. The van der Waals surface area contributed by atoms with Gasteiger partial charge < -0.3 is 13.9 Å². The highest BCUT2D eigenvalue weighted by atomic mass is 16.6. The standard InChI is InChI=1S/C19H26O3/c1-12(2)9-21-17-16-13(3)10-20-15(16)8-14-6-5-7-19(11-22-19)18(14,17)4/h6,10,12,17H,5,7-9,11H2,1-4H3/t17-,18-,19+/m1/s1. The van der Waals surface area contributed by atoms with Crippen molar-refractivity contribution >= 4 is 0 Å². The Morgan fingerprint density at radius 2 is 2.18 bits per heavy atom. The van der Waals surface area contributed by atoms with E-state index in [0.29, 0.717) is 5.92 Å². The minimum atomic E-state index is -0.0538. The molecule has 2 aliphatic carbocycles. The van der Waals surface area contributed by atoms with Crippen molar-refractivity contribution in [2.24, 2.45) is 11.3 Å². The van der Waals surface area contributed by atoms with E-state index < -0.39 is 0 Å². The monoisotopic (exact) mass is 302 g/mol. The highest BCUT2D eigenvalue weighted by Gasteiger charge is 2.66. The number of hydrogen-bond donors (Lipinski definition) is 0. The number of epoxide rings is 1. The van der Waals surface area contributed by atoms with Gasteiger partial charge >= 0.3 is 0 Å². The minimum Gasteiger partial charge on any atom is -0.468 e. The van der Waals surface area contributed by atoms with Crippen molar-refractivity contribution in [2.75, 3.05) is 13.2 Å². The SMILES string of the molecule is Cc1coc2c1[C@@H](OCC(C)C)[C@@]1(C)C(=CCC[C@]13CO3)C2. The summed E-state index contributed by atoms with van der Waals surface area (Å²) in [5.41, 5.74) is 3.87. The van der Waals surface area contributed by atoms with Crippen LogP contribution < -0.4 is 0 Å². The number of aryl methyl sites for hydroxylation is 1. The summed E-state index contributed by atoms with van der Waals surface area (Å²) < 4.78 is 18.3. The van der Waals surface area contributed by atoms with Gasteiger partial charge in [-0.25, -0.2) is 0 Å². The van der Waals surface area contributed by atoms with Crippen LogP contribution in [-0.4, -0.2) is 18.8 Å². The van der Waals surface area contributed by atoms with E-state index in [2.05, 4.69) is 33.8 Å². The first-order valence-electron chi connectivity index (χ1n) is 8.50. The van der Waals surface area contributed by atoms with Crippen molar-refractivity contribution in [3.8, 4) is 0 Å². The molecule has 3 nitrogen and oxygen atoms in total. The fraction of sp³-hybridized carbons (Fsp3) is 0.684. The van der Waals surface area contributed by atoms with Crippen LogP contribution in [0.4, 0.5) is 0 Å². The van der Waals surface area contributed by atoms with Crippen LogP contribution >= 0.6 is 0 Å². The van der Waals surface area contributed by atoms with Gasteiger partial charge in [-0.05, 0) is 31.2 Å². The lowest BCUT2D eigenvalue weighted by Gasteiger charge is -2.49. The lowest BCUT2D eigenvalue weighted by molar-refractivity contribution is -0.0754. The van der Waals surface area contributed by atoms with Crippen LogP contribution in [0.2, 0.25) is 0 Å². The number of hydrogen-bond acceptors (Lipinski definition) is 3. The van der Waals surface area contributed by atoms with Crippen LogP contribution in [0.3, 0.4) is 0 Å². The van der Waals surface area contributed by atoms with Crippen molar-refractivity contribution in [2.45, 2.75) is 58.7 Å². The molecular weight excluding hydrogens is 276 g/mol. The topological polar surface area (TPSA) is 34.9 Å². The minimum absolute atomic E-state index is 0.0138. The molecule has 1 aromatic rings. The van der Waals surface area contributed by atoms with Crippen LogP contribution in [-0.2, 0) is 15.9 Å². The number of allylic oxidation sites excluding steroid dienone is 1. The molecule has 1 fully saturated rings. The fourth-order valence-corrected chi connectivity index (χ4v) is 4.43. The van der Waals surface area contributed by atoms with Gasteiger partial charge in [-0.1, -0.05) is 32.4 Å².